The number of primary amides is 1. The van der Waals surface area contributed by atoms with Crippen molar-refractivity contribution in [3.05, 3.63) is 89.5 Å². The average molecular weight is 486 g/mol. The van der Waals surface area contributed by atoms with E-state index in [1.54, 1.807) is 43.2 Å². The second-order valence-electron chi connectivity index (χ2n) is 9.09. The molecule has 36 heavy (non-hydrogen) atoms. The zero-order chi connectivity index (χ0) is 25.8. The molecule has 0 fully saturated rings. The van der Waals surface area contributed by atoms with E-state index in [0.717, 1.165) is 22.5 Å². The number of carbonyl (C=O) groups excluding carboxylic acids is 3. The Bertz CT molecular complexity index is 1270. The Kier molecular flexibility index (Phi) is 7.38. The number of nitrogens with zero attached hydrogens (tertiary/aromatic N) is 2. The van der Waals surface area contributed by atoms with Gasteiger partial charge in [-0.1, -0.05) is 30.3 Å². The number of methoxy groups -OCH3 is 1. The van der Waals surface area contributed by atoms with Gasteiger partial charge in [0.2, 0.25) is 11.8 Å². The summed E-state index contributed by atoms with van der Waals surface area (Å²) in [5, 5.41) is 0. The van der Waals surface area contributed by atoms with Crippen molar-refractivity contribution in [2.45, 2.75) is 45.2 Å². The number of aryl methyl sites for hydroxylation is 1. The van der Waals surface area contributed by atoms with Crippen molar-refractivity contribution in [2.75, 3.05) is 16.9 Å². The Morgan fingerprint density at radius 3 is 2.42 bits per heavy atom. The standard InChI is InChI=1S/C29H31N3O4/c1-19-17-27(32(20(2)33)23-8-6-7-21(18-23)11-16-28(30)34)25-9-4-5-10-26(25)31(19)29(35)22-12-14-24(36-3)15-13-22/h4-10,12-15,18-19,27H,11,16-17H2,1-3H3,(H2,30,34)/t19-,27+/m0/s1. The molecule has 3 amide bonds. The maximum absolute atomic E-state index is 13.6. The van der Waals surface area contributed by atoms with Crippen molar-refractivity contribution >= 4 is 29.1 Å². The molecule has 2 atom stereocenters. The zero-order valence-corrected chi connectivity index (χ0v) is 20.8. The van der Waals surface area contributed by atoms with Crippen molar-refractivity contribution in [1.29, 1.82) is 0 Å². The molecule has 0 bridgehead atoms. The van der Waals surface area contributed by atoms with Gasteiger partial charge in [-0.2, -0.15) is 0 Å². The SMILES string of the molecule is COc1ccc(C(=O)N2c3ccccc3[C@H](N(C(C)=O)c3cccc(CCC(N)=O)c3)C[C@@H]2C)cc1. The van der Waals surface area contributed by atoms with Gasteiger partial charge in [0.25, 0.3) is 5.91 Å². The minimum Gasteiger partial charge on any atom is -0.497 e. The Morgan fingerprint density at radius 2 is 1.75 bits per heavy atom. The van der Waals surface area contributed by atoms with Crippen LogP contribution in [0, 0.1) is 0 Å². The van der Waals surface area contributed by atoms with Crippen molar-refractivity contribution in [3.63, 3.8) is 0 Å². The molecule has 0 radical (unpaired) electrons. The summed E-state index contributed by atoms with van der Waals surface area (Å²) in [5.41, 5.74) is 9.29. The van der Waals surface area contributed by atoms with E-state index in [0.29, 0.717) is 24.2 Å². The number of nitrogens with two attached hydrogens (primary N) is 1. The number of ether oxygens (including phenoxy) is 1. The molecule has 4 rings (SSSR count). The van der Waals surface area contributed by atoms with E-state index in [4.69, 9.17) is 10.5 Å². The molecule has 7 nitrogen and oxygen atoms in total. The molecule has 2 N–H and O–H groups in total. The third-order valence-electron chi connectivity index (χ3n) is 6.62. The molecule has 0 aliphatic carbocycles. The monoisotopic (exact) mass is 485 g/mol. The lowest BCUT2D eigenvalue weighted by Gasteiger charge is -2.43. The number of benzene rings is 3. The number of hydrogen-bond donors (Lipinski definition) is 1. The zero-order valence-electron chi connectivity index (χ0n) is 20.8. The van der Waals surface area contributed by atoms with Crippen LogP contribution in [0.25, 0.3) is 0 Å². The van der Waals surface area contributed by atoms with Crippen LogP contribution in [-0.2, 0) is 16.0 Å². The van der Waals surface area contributed by atoms with Crippen molar-refractivity contribution in [1.82, 2.24) is 0 Å². The van der Waals surface area contributed by atoms with Gasteiger partial charge in [-0.15, -0.1) is 0 Å². The minimum atomic E-state index is -0.361. The number of fused-ring (bicyclic) bond motifs is 1. The normalized spacial score (nSPS) is 16.7. The first-order valence-electron chi connectivity index (χ1n) is 12.0. The number of hydrogen-bond acceptors (Lipinski definition) is 4. The molecule has 1 aliphatic rings. The summed E-state index contributed by atoms with van der Waals surface area (Å²) in [6.45, 7) is 3.56. The molecule has 1 heterocycles. The van der Waals surface area contributed by atoms with Crippen molar-refractivity contribution < 1.29 is 19.1 Å². The predicted octanol–water partition coefficient (Wildman–Crippen LogP) is 4.65. The Balaban J connectivity index is 1.71. The third-order valence-corrected chi connectivity index (χ3v) is 6.62. The summed E-state index contributed by atoms with van der Waals surface area (Å²) in [5.74, 6) is 0.136. The maximum atomic E-state index is 13.6. The van der Waals surface area contributed by atoms with E-state index in [1.807, 2.05) is 60.4 Å². The van der Waals surface area contributed by atoms with Gasteiger partial charge in [0.05, 0.1) is 13.2 Å². The van der Waals surface area contributed by atoms with E-state index in [2.05, 4.69) is 0 Å². The van der Waals surface area contributed by atoms with Crippen molar-refractivity contribution in [3.8, 4) is 5.75 Å². The topological polar surface area (TPSA) is 92.9 Å². The van der Waals surface area contributed by atoms with Gasteiger partial charge < -0.3 is 20.3 Å². The Hall–Kier alpha value is -4.13. The van der Waals surface area contributed by atoms with Crippen LogP contribution in [0.5, 0.6) is 5.75 Å². The average Bonchev–Trinajstić information content (AvgIpc) is 2.87. The fraction of sp³-hybridized carbons (Fsp3) is 0.276. The molecule has 186 valence electrons. The number of para-hydroxylation sites is 1. The lowest BCUT2D eigenvalue weighted by Crippen LogP contribution is -2.47. The highest BCUT2D eigenvalue weighted by Crippen LogP contribution is 2.43. The van der Waals surface area contributed by atoms with Crippen LogP contribution in [0.3, 0.4) is 0 Å². The highest BCUT2D eigenvalue weighted by atomic mass is 16.5. The lowest BCUT2D eigenvalue weighted by molar-refractivity contribution is -0.118. The summed E-state index contributed by atoms with van der Waals surface area (Å²) < 4.78 is 5.23. The van der Waals surface area contributed by atoms with E-state index < -0.39 is 0 Å². The van der Waals surface area contributed by atoms with Crippen LogP contribution in [0.4, 0.5) is 11.4 Å². The lowest BCUT2D eigenvalue weighted by atomic mass is 9.89. The highest BCUT2D eigenvalue weighted by molar-refractivity contribution is 6.07. The van der Waals surface area contributed by atoms with Crippen LogP contribution < -0.4 is 20.3 Å². The molecular weight excluding hydrogens is 454 g/mol. The van der Waals surface area contributed by atoms with Gasteiger partial charge in [0.1, 0.15) is 5.75 Å². The van der Waals surface area contributed by atoms with Crippen LogP contribution in [-0.4, -0.2) is 30.9 Å². The summed E-state index contributed by atoms with van der Waals surface area (Å²) in [4.78, 5) is 41.5. The fourth-order valence-electron chi connectivity index (χ4n) is 4.92. The van der Waals surface area contributed by atoms with Crippen LogP contribution >= 0.6 is 0 Å². The minimum absolute atomic E-state index is 0.0935. The molecule has 3 aromatic carbocycles. The van der Waals surface area contributed by atoms with E-state index in [1.165, 1.54) is 0 Å². The molecule has 7 heteroatoms. The van der Waals surface area contributed by atoms with Crippen LogP contribution in [0.2, 0.25) is 0 Å². The van der Waals surface area contributed by atoms with Gasteiger partial charge in [-0.05, 0) is 73.4 Å². The molecule has 0 aromatic heterocycles. The first-order valence-corrected chi connectivity index (χ1v) is 12.0. The van der Waals surface area contributed by atoms with Crippen LogP contribution in [0.15, 0.2) is 72.8 Å². The molecule has 1 aliphatic heterocycles. The maximum Gasteiger partial charge on any atom is 0.258 e. The quantitative estimate of drug-likeness (QED) is 0.527. The van der Waals surface area contributed by atoms with Gasteiger partial charge in [-0.3, -0.25) is 14.4 Å². The first kappa shape index (κ1) is 25.0. The second-order valence-corrected chi connectivity index (χ2v) is 9.09. The van der Waals surface area contributed by atoms with Gasteiger partial charge in [0.15, 0.2) is 0 Å². The molecule has 0 unspecified atom stereocenters. The summed E-state index contributed by atoms with van der Waals surface area (Å²) >= 11 is 0. The Labute approximate surface area is 211 Å². The molecule has 0 saturated heterocycles. The summed E-state index contributed by atoms with van der Waals surface area (Å²) in [6, 6.07) is 22.1. The second kappa shape index (κ2) is 10.6. The molecule has 0 saturated carbocycles. The van der Waals surface area contributed by atoms with Crippen LogP contribution in [0.1, 0.15) is 54.2 Å². The Morgan fingerprint density at radius 1 is 1.03 bits per heavy atom. The summed E-state index contributed by atoms with van der Waals surface area (Å²) in [6.07, 6.45) is 1.33. The molecule has 0 spiro atoms. The van der Waals surface area contributed by atoms with E-state index in [-0.39, 0.29) is 36.2 Å². The third kappa shape index (κ3) is 5.10. The van der Waals surface area contributed by atoms with Crippen molar-refractivity contribution in [2.24, 2.45) is 5.73 Å². The number of amides is 3. The van der Waals surface area contributed by atoms with E-state index >= 15 is 0 Å². The largest absolute Gasteiger partial charge is 0.497 e. The van der Waals surface area contributed by atoms with E-state index in [9.17, 15) is 14.4 Å². The fourth-order valence-corrected chi connectivity index (χ4v) is 4.92. The smallest absolute Gasteiger partial charge is 0.258 e. The molecular formula is C29H31N3O4. The number of carbonyl (C=O) groups is 3. The number of rotatable bonds is 7. The van der Waals surface area contributed by atoms with Gasteiger partial charge >= 0.3 is 0 Å². The van der Waals surface area contributed by atoms with Gasteiger partial charge in [-0.25, -0.2) is 0 Å². The summed E-state index contributed by atoms with van der Waals surface area (Å²) in [7, 11) is 1.59. The van der Waals surface area contributed by atoms with Gasteiger partial charge in [0, 0.05) is 36.3 Å². The molecule has 3 aromatic rings. The highest BCUT2D eigenvalue weighted by Gasteiger charge is 2.38. The predicted molar refractivity (Wildman–Crippen MR) is 140 cm³/mol. The first-order chi connectivity index (χ1) is 17.3. The number of anilines is 2.